The third-order valence-corrected chi connectivity index (χ3v) is 6.51. The first-order chi connectivity index (χ1) is 11.2. The van der Waals surface area contributed by atoms with E-state index in [-0.39, 0.29) is 10.6 Å². The number of anilines is 1. The molecule has 0 bridgehead atoms. The van der Waals surface area contributed by atoms with Gasteiger partial charge in [-0.25, -0.2) is 14.4 Å². The van der Waals surface area contributed by atoms with Gasteiger partial charge in [-0.2, -0.15) is 0 Å². The zero-order chi connectivity index (χ0) is 15.7. The summed E-state index contributed by atoms with van der Waals surface area (Å²) in [6.07, 6.45) is 6.17. The number of ether oxygens (including phenoxy) is 2. The van der Waals surface area contributed by atoms with Gasteiger partial charge in [0, 0.05) is 38.7 Å². The molecule has 4 heterocycles. The third-order valence-electron chi connectivity index (χ3n) is 4.93. The maximum atomic E-state index is 12.9. The van der Waals surface area contributed by atoms with Crippen LogP contribution in [0.1, 0.15) is 19.3 Å². The fourth-order valence-electron chi connectivity index (χ4n) is 3.57. The molecule has 3 fully saturated rings. The van der Waals surface area contributed by atoms with Gasteiger partial charge in [-0.15, -0.1) is 11.8 Å². The first-order valence-electron chi connectivity index (χ1n) is 8.28. The van der Waals surface area contributed by atoms with Crippen molar-refractivity contribution in [1.29, 1.82) is 0 Å². The Morgan fingerprint density at radius 3 is 2.78 bits per heavy atom. The summed E-state index contributed by atoms with van der Waals surface area (Å²) in [5, 5.41) is 0. The molecule has 126 valence electrons. The molecule has 7 heteroatoms. The van der Waals surface area contributed by atoms with Crippen LogP contribution < -0.4 is 4.90 Å². The van der Waals surface area contributed by atoms with Crippen molar-refractivity contribution in [3.63, 3.8) is 0 Å². The van der Waals surface area contributed by atoms with Crippen molar-refractivity contribution in [2.75, 3.05) is 43.6 Å². The monoisotopic (exact) mass is 339 g/mol. The summed E-state index contributed by atoms with van der Waals surface area (Å²) < 4.78 is 24.7. The second-order valence-electron chi connectivity index (χ2n) is 6.77. The van der Waals surface area contributed by atoms with E-state index in [2.05, 4.69) is 14.9 Å². The molecule has 3 saturated heterocycles. The van der Waals surface area contributed by atoms with E-state index in [1.807, 2.05) is 11.8 Å². The average Bonchev–Trinajstić information content (AvgIpc) is 2.98. The first-order valence-corrected chi connectivity index (χ1v) is 9.27. The molecule has 3 aliphatic rings. The average molecular weight is 339 g/mol. The molecule has 0 unspecified atom stereocenters. The van der Waals surface area contributed by atoms with Crippen molar-refractivity contribution in [3.8, 4) is 0 Å². The Kier molecular flexibility index (Phi) is 4.43. The quantitative estimate of drug-likeness (QED) is 0.837. The molecule has 4 rings (SSSR count). The van der Waals surface area contributed by atoms with Crippen molar-refractivity contribution in [2.24, 2.45) is 5.92 Å². The zero-order valence-electron chi connectivity index (χ0n) is 13.1. The molecule has 5 nitrogen and oxygen atoms in total. The smallest absolute Gasteiger partial charge is 0.225 e. The van der Waals surface area contributed by atoms with Gasteiger partial charge < -0.3 is 14.4 Å². The highest BCUT2D eigenvalue weighted by molar-refractivity contribution is 8.01. The van der Waals surface area contributed by atoms with E-state index in [9.17, 15) is 4.39 Å². The van der Waals surface area contributed by atoms with Crippen LogP contribution >= 0.6 is 11.8 Å². The number of thioether (sulfide) groups is 1. The summed E-state index contributed by atoms with van der Waals surface area (Å²) in [7, 11) is 0. The fourth-order valence-corrected chi connectivity index (χ4v) is 5.13. The van der Waals surface area contributed by atoms with Gasteiger partial charge in [0.25, 0.3) is 0 Å². The van der Waals surface area contributed by atoms with Gasteiger partial charge in [0.1, 0.15) is 0 Å². The molecule has 23 heavy (non-hydrogen) atoms. The van der Waals surface area contributed by atoms with Gasteiger partial charge >= 0.3 is 0 Å². The molecule has 0 aromatic carbocycles. The highest BCUT2D eigenvalue weighted by Gasteiger charge is 2.50. The van der Waals surface area contributed by atoms with Gasteiger partial charge in [0.15, 0.2) is 5.82 Å². The van der Waals surface area contributed by atoms with Crippen LogP contribution in [0.15, 0.2) is 12.4 Å². The van der Waals surface area contributed by atoms with Crippen molar-refractivity contribution in [1.82, 2.24) is 9.97 Å². The minimum atomic E-state index is -0.388. The number of nitrogens with zero attached hydrogens (tertiary/aromatic N) is 3. The molecule has 0 saturated carbocycles. The largest absolute Gasteiger partial charge is 0.381 e. The van der Waals surface area contributed by atoms with E-state index < -0.39 is 0 Å². The number of hydrogen-bond acceptors (Lipinski definition) is 6. The van der Waals surface area contributed by atoms with Crippen molar-refractivity contribution in [2.45, 2.75) is 30.1 Å². The van der Waals surface area contributed by atoms with E-state index in [1.54, 1.807) is 0 Å². The van der Waals surface area contributed by atoms with Crippen LogP contribution in [0.5, 0.6) is 0 Å². The Morgan fingerprint density at radius 1 is 1.30 bits per heavy atom. The molecule has 1 atom stereocenters. The van der Waals surface area contributed by atoms with Gasteiger partial charge in [0.05, 0.1) is 23.2 Å². The highest BCUT2D eigenvalue weighted by Crippen LogP contribution is 2.46. The van der Waals surface area contributed by atoms with Crippen LogP contribution in [0.3, 0.4) is 0 Å². The molecule has 0 aliphatic carbocycles. The Morgan fingerprint density at radius 2 is 2.04 bits per heavy atom. The zero-order valence-corrected chi connectivity index (χ0v) is 13.9. The van der Waals surface area contributed by atoms with Gasteiger partial charge in [-0.05, 0) is 25.2 Å². The van der Waals surface area contributed by atoms with Crippen LogP contribution in [-0.4, -0.2) is 59.5 Å². The third kappa shape index (κ3) is 3.46. The van der Waals surface area contributed by atoms with E-state index in [0.717, 1.165) is 57.9 Å². The van der Waals surface area contributed by atoms with E-state index in [4.69, 9.17) is 9.47 Å². The lowest BCUT2D eigenvalue weighted by atomic mass is 9.93. The summed E-state index contributed by atoms with van der Waals surface area (Å²) >= 11 is 2.01. The van der Waals surface area contributed by atoms with Gasteiger partial charge in [-0.3, -0.25) is 0 Å². The van der Waals surface area contributed by atoms with E-state index >= 15 is 0 Å². The highest BCUT2D eigenvalue weighted by atomic mass is 32.2. The SMILES string of the molecule is Fc1cnc(N2CC3(C[C@@H](OCC4CCOCC4)CS3)C2)nc1. The molecule has 1 spiro atoms. The van der Waals surface area contributed by atoms with Gasteiger partial charge in [-0.1, -0.05) is 0 Å². The predicted molar refractivity (Wildman–Crippen MR) is 87.3 cm³/mol. The summed E-state index contributed by atoms with van der Waals surface area (Å²) in [4.78, 5) is 10.2. The molecule has 1 aromatic heterocycles. The number of rotatable bonds is 4. The molecule has 0 amide bonds. The topological polar surface area (TPSA) is 47.5 Å². The van der Waals surface area contributed by atoms with Crippen LogP contribution in [0.4, 0.5) is 10.3 Å². The Bertz CT molecular complexity index is 533. The summed E-state index contributed by atoms with van der Waals surface area (Å²) in [6.45, 7) is 4.49. The lowest BCUT2D eigenvalue weighted by Crippen LogP contribution is -2.59. The molecule has 0 N–H and O–H groups in total. The van der Waals surface area contributed by atoms with Crippen LogP contribution in [0.2, 0.25) is 0 Å². The first kappa shape index (κ1) is 15.6. The van der Waals surface area contributed by atoms with Crippen molar-refractivity contribution >= 4 is 17.7 Å². The normalized spacial score (nSPS) is 27.3. The summed E-state index contributed by atoms with van der Waals surface area (Å²) in [6, 6.07) is 0. The van der Waals surface area contributed by atoms with Crippen molar-refractivity contribution in [3.05, 3.63) is 18.2 Å². The molecular weight excluding hydrogens is 317 g/mol. The van der Waals surface area contributed by atoms with Crippen LogP contribution in [0, 0.1) is 11.7 Å². The molecular formula is C16H22FN3O2S. The molecule has 1 aromatic rings. The Hall–Kier alpha value is -0.920. The second-order valence-corrected chi connectivity index (χ2v) is 8.25. The van der Waals surface area contributed by atoms with Crippen LogP contribution in [0.25, 0.3) is 0 Å². The number of halogens is 1. The van der Waals surface area contributed by atoms with Crippen molar-refractivity contribution < 1.29 is 13.9 Å². The second kappa shape index (κ2) is 6.53. The standard InChI is InChI=1S/C16H22FN3O2S/c17-13-6-18-15(19-7-13)20-10-16(11-20)5-14(9-23-16)22-8-12-1-3-21-4-2-12/h6-7,12,14H,1-5,8-11H2/t14-/m1/s1. The fraction of sp³-hybridized carbons (Fsp3) is 0.750. The maximum absolute atomic E-state index is 12.9. The lowest BCUT2D eigenvalue weighted by molar-refractivity contribution is -0.00653. The van der Waals surface area contributed by atoms with Gasteiger partial charge in [0.2, 0.25) is 5.95 Å². The predicted octanol–water partition coefficient (Wildman–Crippen LogP) is 2.12. The Labute approximate surface area is 140 Å². The Balaban J connectivity index is 1.24. The van der Waals surface area contributed by atoms with E-state index in [0.29, 0.717) is 18.0 Å². The minimum Gasteiger partial charge on any atom is -0.381 e. The lowest BCUT2D eigenvalue weighted by Gasteiger charge is -2.47. The summed E-state index contributed by atoms with van der Waals surface area (Å²) in [5.41, 5.74) is 0. The molecule has 3 aliphatic heterocycles. The van der Waals surface area contributed by atoms with Crippen LogP contribution in [-0.2, 0) is 9.47 Å². The summed E-state index contributed by atoms with van der Waals surface area (Å²) in [5.74, 6) is 1.97. The molecule has 0 radical (unpaired) electrons. The number of hydrogen-bond donors (Lipinski definition) is 0. The van der Waals surface area contributed by atoms with E-state index in [1.165, 1.54) is 12.4 Å². The minimum absolute atomic E-state index is 0.276. The number of aromatic nitrogens is 2. The maximum Gasteiger partial charge on any atom is 0.225 e.